The minimum atomic E-state index is -0.0713. The van der Waals surface area contributed by atoms with Gasteiger partial charge < -0.3 is 15.0 Å². The Kier molecular flexibility index (Phi) is 8.68. The van der Waals surface area contributed by atoms with Crippen LogP contribution < -0.4 is 5.32 Å². The molecule has 1 aliphatic heterocycles. The van der Waals surface area contributed by atoms with Crippen LogP contribution in [0.15, 0.2) is 47.8 Å². The van der Waals surface area contributed by atoms with Crippen LogP contribution in [0.5, 0.6) is 0 Å². The number of nitrogens with one attached hydrogen (secondary N) is 1. The molecule has 0 bridgehead atoms. The first-order chi connectivity index (χ1) is 14.2. The predicted octanol–water partition coefficient (Wildman–Crippen LogP) is 3.39. The zero-order valence-corrected chi connectivity index (χ0v) is 18.4. The normalized spacial score (nSPS) is 19.2. The zero-order chi connectivity index (χ0) is 20.5. The Hall–Kier alpha value is -1.73. The summed E-state index contributed by atoms with van der Waals surface area (Å²) in [6.45, 7) is 10.7. The molecule has 29 heavy (non-hydrogen) atoms. The maximum atomic E-state index is 12.7. The van der Waals surface area contributed by atoms with Crippen LogP contribution in [0.1, 0.15) is 36.8 Å². The molecule has 0 spiro atoms. The molecule has 5 nitrogen and oxygen atoms in total. The monoisotopic (exact) mass is 415 g/mol. The molecule has 2 heterocycles. The summed E-state index contributed by atoms with van der Waals surface area (Å²) in [5, 5.41) is 5.31. The van der Waals surface area contributed by atoms with E-state index in [9.17, 15) is 4.79 Å². The Bertz CT molecular complexity index is 723. The highest BCUT2D eigenvalue weighted by molar-refractivity contribution is 7.10. The van der Waals surface area contributed by atoms with E-state index in [1.54, 1.807) is 11.3 Å². The second kappa shape index (κ2) is 11.5. The van der Waals surface area contributed by atoms with Crippen molar-refractivity contribution in [1.29, 1.82) is 0 Å². The Morgan fingerprint density at radius 1 is 1.21 bits per heavy atom. The van der Waals surface area contributed by atoms with E-state index in [-0.39, 0.29) is 11.9 Å². The van der Waals surface area contributed by atoms with Crippen molar-refractivity contribution in [3.8, 4) is 0 Å². The quantitative estimate of drug-likeness (QED) is 0.604. The molecule has 0 radical (unpaired) electrons. The van der Waals surface area contributed by atoms with Crippen LogP contribution in [0.25, 0.3) is 0 Å². The van der Waals surface area contributed by atoms with Crippen molar-refractivity contribution in [2.45, 2.75) is 32.4 Å². The molecular weight excluding hydrogens is 382 g/mol. The minimum absolute atomic E-state index is 0.0713. The third-order valence-electron chi connectivity index (χ3n) is 5.50. The number of benzene rings is 1. The van der Waals surface area contributed by atoms with Gasteiger partial charge in [0.15, 0.2) is 0 Å². The van der Waals surface area contributed by atoms with E-state index in [2.05, 4.69) is 45.6 Å². The number of thiophene rings is 1. The molecule has 2 atom stereocenters. The fourth-order valence-corrected chi connectivity index (χ4v) is 4.65. The highest BCUT2D eigenvalue weighted by atomic mass is 32.1. The van der Waals surface area contributed by atoms with E-state index in [4.69, 9.17) is 4.74 Å². The van der Waals surface area contributed by atoms with E-state index >= 15 is 0 Å². The van der Waals surface area contributed by atoms with Crippen LogP contribution in [0.4, 0.5) is 0 Å². The first kappa shape index (κ1) is 22.0. The number of piperazine rings is 1. The number of hydrogen-bond acceptors (Lipinski definition) is 5. The maximum Gasteiger partial charge on any atom is 0.222 e. The van der Waals surface area contributed by atoms with Gasteiger partial charge in [0.1, 0.15) is 0 Å². The number of nitrogens with zero attached hydrogens (tertiary/aromatic N) is 2. The van der Waals surface area contributed by atoms with Gasteiger partial charge in [-0.1, -0.05) is 36.4 Å². The van der Waals surface area contributed by atoms with Gasteiger partial charge in [-0.25, -0.2) is 0 Å². The average molecular weight is 416 g/mol. The summed E-state index contributed by atoms with van der Waals surface area (Å²) in [6, 6.07) is 14.8. The first-order valence-electron chi connectivity index (χ1n) is 10.6. The number of amides is 1. The van der Waals surface area contributed by atoms with Crippen molar-refractivity contribution in [2.24, 2.45) is 0 Å². The third kappa shape index (κ3) is 6.64. The van der Waals surface area contributed by atoms with Crippen molar-refractivity contribution in [3.63, 3.8) is 0 Å². The van der Waals surface area contributed by atoms with Crippen LogP contribution in [-0.4, -0.2) is 67.7 Å². The standard InChI is InChI=1S/C23H33N3O2S/c1-3-28-16-15-26-14-13-25(18-19(26)2)12-11-22(27)24-23(21-10-7-17-29-21)20-8-5-4-6-9-20/h4-10,17,19,23H,3,11-16,18H2,1-2H3,(H,24,27). The molecule has 3 rings (SSSR count). The summed E-state index contributed by atoms with van der Waals surface area (Å²) in [5.41, 5.74) is 1.12. The fourth-order valence-electron chi connectivity index (χ4n) is 3.84. The Balaban J connectivity index is 1.48. The largest absolute Gasteiger partial charge is 0.380 e. The molecule has 1 aromatic carbocycles. The van der Waals surface area contributed by atoms with Crippen molar-refractivity contribution in [2.75, 3.05) is 45.9 Å². The molecule has 1 fully saturated rings. The van der Waals surface area contributed by atoms with Gasteiger partial charge in [-0.2, -0.15) is 0 Å². The van der Waals surface area contributed by atoms with Crippen molar-refractivity contribution in [3.05, 3.63) is 58.3 Å². The SMILES string of the molecule is CCOCCN1CCN(CCC(=O)NC(c2ccccc2)c2cccs2)CC1C. The lowest BCUT2D eigenvalue weighted by Crippen LogP contribution is -2.53. The third-order valence-corrected chi connectivity index (χ3v) is 6.43. The summed E-state index contributed by atoms with van der Waals surface area (Å²) in [6.07, 6.45) is 0.528. The molecule has 158 valence electrons. The highest BCUT2D eigenvalue weighted by Gasteiger charge is 2.24. The molecule has 0 aliphatic carbocycles. The molecule has 6 heteroatoms. The van der Waals surface area contributed by atoms with E-state index < -0.39 is 0 Å². The molecular formula is C23H33N3O2S. The van der Waals surface area contributed by atoms with Crippen LogP contribution in [0.3, 0.4) is 0 Å². The van der Waals surface area contributed by atoms with Crippen LogP contribution in [0, 0.1) is 0 Å². The van der Waals surface area contributed by atoms with Crippen LogP contribution in [-0.2, 0) is 9.53 Å². The fraction of sp³-hybridized carbons (Fsp3) is 0.522. The number of ether oxygens (including phenoxy) is 1. The Morgan fingerprint density at radius 2 is 2.03 bits per heavy atom. The summed E-state index contributed by atoms with van der Waals surface area (Å²) in [4.78, 5) is 18.8. The highest BCUT2D eigenvalue weighted by Crippen LogP contribution is 2.26. The summed E-state index contributed by atoms with van der Waals surface area (Å²) >= 11 is 1.68. The van der Waals surface area contributed by atoms with Gasteiger partial charge >= 0.3 is 0 Å². The van der Waals surface area contributed by atoms with Crippen LogP contribution >= 0.6 is 11.3 Å². The minimum Gasteiger partial charge on any atom is -0.380 e. The van der Waals surface area contributed by atoms with E-state index in [1.807, 2.05) is 31.2 Å². The second-order valence-electron chi connectivity index (χ2n) is 7.56. The number of hydrogen-bond donors (Lipinski definition) is 1. The van der Waals surface area contributed by atoms with Gasteiger partial charge in [-0.3, -0.25) is 9.69 Å². The van der Waals surface area contributed by atoms with Gasteiger partial charge in [-0.15, -0.1) is 11.3 Å². The number of carbonyl (C=O) groups is 1. The lowest BCUT2D eigenvalue weighted by Gasteiger charge is -2.39. The van der Waals surface area contributed by atoms with E-state index in [1.165, 1.54) is 4.88 Å². The molecule has 1 N–H and O–H groups in total. The lowest BCUT2D eigenvalue weighted by molar-refractivity contribution is -0.122. The number of rotatable bonds is 10. The first-order valence-corrected chi connectivity index (χ1v) is 11.5. The molecule has 0 saturated carbocycles. The molecule has 1 saturated heterocycles. The predicted molar refractivity (Wildman–Crippen MR) is 119 cm³/mol. The lowest BCUT2D eigenvalue weighted by atomic mass is 10.1. The molecule has 1 amide bonds. The number of carbonyl (C=O) groups excluding carboxylic acids is 1. The zero-order valence-electron chi connectivity index (χ0n) is 17.5. The van der Waals surface area contributed by atoms with Crippen LogP contribution in [0.2, 0.25) is 0 Å². The smallest absolute Gasteiger partial charge is 0.222 e. The van der Waals surface area contributed by atoms with E-state index in [0.29, 0.717) is 12.5 Å². The second-order valence-corrected chi connectivity index (χ2v) is 8.54. The summed E-state index contributed by atoms with van der Waals surface area (Å²) in [7, 11) is 0. The topological polar surface area (TPSA) is 44.8 Å². The van der Waals surface area contributed by atoms with Crippen molar-refractivity contribution in [1.82, 2.24) is 15.1 Å². The van der Waals surface area contributed by atoms with Gasteiger partial charge in [0, 0.05) is 56.7 Å². The van der Waals surface area contributed by atoms with Gasteiger partial charge in [0.25, 0.3) is 0 Å². The Labute approximate surface area is 178 Å². The maximum absolute atomic E-state index is 12.7. The molecule has 2 aromatic rings. The van der Waals surface area contributed by atoms with Gasteiger partial charge in [0.2, 0.25) is 5.91 Å². The van der Waals surface area contributed by atoms with Crippen molar-refractivity contribution >= 4 is 17.2 Å². The summed E-state index contributed by atoms with van der Waals surface area (Å²) in [5.74, 6) is 0.110. The van der Waals surface area contributed by atoms with E-state index in [0.717, 1.165) is 51.5 Å². The van der Waals surface area contributed by atoms with Gasteiger partial charge in [0.05, 0.1) is 12.6 Å². The molecule has 1 aromatic heterocycles. The molecule has 1 aliphatic rings. The van der Waals surface area contributed by atoms with Gasteiger partial charge in [-0.05, 0) is 30.9 Å². The summed E-state index contributed by atoms with van der Waals surface area (Å²) < 4.78 is 5.49. The van der Waals surface area contributed by atoms with Crippen molar-refractivity contribution < 1.29 is 9.53 Å². The molecule has 2 unspecified atom stereocenters. The Morgan fingerprint density at radius 3 is 2.72 bits per heavy atom. The average Bonchev–Trinajstić information content (AvgIpc) is 3.27.